The Bertz CT molecular complexity index is 291. The van der Waals surface area contributed by atoms with Gasteiger partial charge in [0.1, 0.15) is 5.82 Å². The molecule has 0 aliphatic carbocycles. The van der Waals surface area contributed by atoms with Crippen molar-refractivity contribution in [2.45, 2.75) is 12.5 Å². The Morgan fingerprint density at radius 1 is 1.58 bits per heavy atom. The number of benzene rings is 1. The zero-order chi connectivity index (χ0) is 9.35. The fourth-order valence-corrected chi connectivity index (χ4v) is 1.30. The van der Waals surface area contributed by atoms with E-state index >= 15 is 0 Å². The molecule has 12 heavy (non-hydrogen) atoms. The number of nitrogens with two attached hydrogens (primary N) is 1. The van der Waals surface area contributed by atoms with Gasteiger partial charge in [0.15, 0.2) is 0 Å². The largest absolute Gasteiger partial charge is 0.322 e. The lowest BCUT2D eigenvalue weighted by Crippen LogP contribution is -2.30. The van der Waals surface area contributed by atoms with E-state index in [0.29, 0.717) is 5.56 Å². The summed E-state index contributed by atoms with van der Waals surface area (Å²) in [7, 11) is 0. The monoisotopic (exact) mass is 230 g/mol. The van der Waals surface area contributed by atoms with Crippen molar-refractivity contribution in [3.63, 3.8) is 0 Å². The molecule has 0 amide bonds. The van der Waals surface area contributed by atoms with E-state index in [0.717, 1.165) is 4.47 Å². The van der Waals surface area contributed by atoms with Gasteiger partial charge >= 0.3 is 0 Å². The van der Waals surface area contributed by atoms with Crippen molar-refractivity contribution < 1.29 is 4.39 Å². The van der Waals surface area contributed by atoms with Gasteiger partial charge in [0.05, 0.1) is 0 Å². The van der Waals surface area contributed by atoms with Crippen molar-refractivity contribution in [2.75, 3.05) is 0 Å². The van der Waals surface area contributed by atoms with Crippen LogP contribution in [0.3, 0.4) is 0 Å². The highest BCUT2D eigenvalue weighted by molar-refractivity contribution is 9.10. The summed E-state index contributed by atoms with van der Waals surface area (Å²) in [4.78, 5) is 0. The summed E-state index contributed by atoms with van der Waals surface area (Å²) < 4.78 is 13.9. The lowest BCUT2D eigenvalue weighted by molar-refractivity contribution is 0.540. The van der Waals surface area contributed by atoms with Crippen molar-refractivity contribution >= 4 is 15.9 Å². The number of halogens is 2. The number of hydrogen-bond acceptors (Lipinski definition) is 1. The molecule has 1 rings (SSSR count). The van der Waals surface area contributed by atoms with E-state index in [1.54, 1.807) is 19.1 Å². The molecule has 1 radical (unpaired) electrons. The van der Waals surface area contributed by atoms with Gasteiger partial charge in [-0.05, 0) is 32.0 Å². The standard InChI is InChI=1S/C9H10BrFN/c1-9(2,12)7-5-6(10)3-4-8(7)11/h3-5H,1,12H2,2H3/t9-/m1/s1. The Morgan fingerprint density at radius 3 is 2.58 bits per heavy atom. The SMILES string of the molecule is [CH2][C@](C)(N)c1cc(Br)ccc1F. The first-order valence-corrected chi connectivity index (χ1v) is 4.30. The minimum absolute atomic E-state index is 0.321. The average molecular weight is 231 g/mol. The molecule has 0 spiro atoms. The van der Waals surface area contributed by atoms with E-state index in [-0.39, 0.29) is 5.82 Å². The second-order valence-corrected chi connectivity index (χ2v) is 3.96. The average Bonchev–Trinajstić information content (AvgIpc) is 1.92. The lowest BCUT2D eigenvalue weighted by atomic mass is 9.95. The third-order valence-electron chi connectivity index (χ3n) is 1.54. The van der Waals surface area contributed by atoms with Gasteiger partial charge in [-0.15, -0.1) is 0 Å². The second-order valence-electron chi connectivity index (χ2n) is 3.04. The molecule has 0 bridgehead atoms. The summed E-state index contributed by atoms with van der Waals surface area (Å²) in [6.07, 6.45) is 0. The van der Waals surface area contributed by atoms with Crippen molar-refractivity contribution in [1.29, 1.82) is 0 Å². The molecule has 1 nitrogen and oxygen atoms in total. The van der Waals surface area contributed by atoms with E-state index in [1.165, 1.54) is 6.07 Å². The second kappa shape index (κ2) is 3.15. The molecule has 0 aromatic heterocycles. The molecule has 2 N–H and O–H groups in total. The summed E-state index contributed by atoms with van der Waals surface area (Å²) in [5, 5.41) is 0. The molecular formula is C9H10BrFN. The van der Waals surface area contributed by atoms with Gasteiger partial charge in [0.2, 0.25) is 0 Å². The quantitative estimate of drug-likeness (QED) is 0.789. The smallest absolute Gasteiger partial charge is 0.128 e. The van der Waals surface area contributed by atoms with Crippen molar-refractivity contribution in [1.82, 2.24) is 0 Å². The van der Waals surface area contributed by atoms with E-state index in [9.17, 15) is 4.39 Å². The van der Waals surface area contributed by atoms with Crippen molar-refractivity contribution in [3.05, 3.63) is 41.0 Å². The van der Waals surface area contributed by atoms with Gasteiger partial charge in [-0.25, -0.2) is 4.39 Å². The van der Waals surface area contributed by atoms with Crippen LogP contribution in [0.2, 0.25) is 0 Å². The molecular weight excluding hydrogens is 221 g/mol. The molecule has 0 heterocycles. The van der Waals surface area contributed by atoms with Crippen LogP contribution in [-0.2, 0) is 5.54 Å². The Hall–Kier alpha value is -0.410. The molecule has 65 valence electrons. The van der Waals surface area contributed by atoms with E-state index in [1.807, 2.05) is 0 Å². The molecule has 1 aromatic carbocycles. The van der Waals surface area contributed by atoms with Gasteiger partial charge in [-0.3, -0.25) is 0 Å². The molecule has 1 atom stereocenters. The van der Waals surface area contributed by atoms with Gasteiger partial charge < -0.3 is 5.73 Å². The van der Waals surface area contributed by atoms with Gasteiger partial charge in [0, 0.05) is 15.6 Å². The summed E-state index contributed by atoms with van der Waals surface area (Å²) >= 11 is 3.24. The molecule has 0 aliphatic heterocycles. The molecule has 0 saturated heterocycles. The summed E-state index contributed by atoms with van der Waals surface area (Å²) in [5.74, 6) is -0.321. The predicted octanol–water partition coefficient (Wildman–Crippen LogP) is 2.60. The van der Waals surface area contributed by atoms with Crippen LogP contribution in [0.25, 0.3) is 0 Å². The first kappa shape index (κ1) is 9.68. The van der Waals surface area contributed by atoms with Crippen molar-refractivity contribution in [2.24, 2.45) is 5.73 Å². The molecule has 1 aromatic rings. The zero-order valence-corrected chi connectivity index (χ0v) is 8.36. The van der Waals surface area contributed by atoms with Crippen LogP contribution in [-0.4, -0.2) is 0 Å². The summed E-state index contributed by atoms with van der Waals surface area (Å²) in [6.45, 7) is 5.32. The first-order valence-electron chi connectivity index (χ1n) is 3.51. The minimum atomic E-state index is -0.881. The first-order chi connectivity index (χ1) is 5.41. The normalized spacial score (nSPS) is 11.8. The topological polar surface area (TPSA) is 26.0 Å². The van der Waals surface area contributed by atoms with Gasteiger partial charge in [0.25, 0.3) is 0 Å². The third-order valence-corrected chi connectivity index (χ3v) is 2.04. The van der Waals surface area contributed by atoms with Gasteiger partial charge in [-0.2, -0.15) is 0 Å². The van der Waals surface area contributed by atoms with Crippen LogP contribution < -0.4 is 5.73 Å². The number of rotatable bonds is 1. The molecule has 0 fully saturated rings. The molecule has 0 aliphatic rings. The maximum Gasteiger partial charge on any atom is 0.128 e. The van der Waals surface area contributed by atoms with Crippen LogP contribution >= 0.6 is 15.9 Å². The summed E-state index contributed by atoms with van der Waals surface area (Å²) in [5.41, 5.74) is 5.19. The van der Waals surface area contributed by atoms with E-state index < -0.39 is 5.54 Å². The summed E-state index contributed by atoms with van der Waals surface area (Å²) in [6, 6.07) is 4.64. The predicted molar refractivity (Wildman–Crippen MR) is 51.0 cm³/mol. The Balaban J connectivity index is 3.23. The minimum Gasteiger partial charge on any atom is -0.322 e. The highest BCUT2D eigenvalue weighted by Crippen LogP contribution is 2.23. The molecule has 0 saturated carbocycles. The maximum absolute atomic E-state index is 13.1. The van der Waals surface area contributed by atoms with Crippen LogP contribution in [0.4, 0.5) is 4.39 Å². The Morgan fingerprint density at radius 2 is 2.17 bits per heavy atom. The van der Waals surface area contributed by atoms with Crippen LogP contribution in [0.15, 0.2) is 22.7 Å². The van der Waals surface area contributed by atoms with Crippen LogP contribution in [0.5, 0.6) is 0 Å². The lowest BCUT2D eigenvalue weighted by Gasteiger charge is -2.19. The Labute approximate surface area is 79.9 Å². The third kappa shape index (κ3) is 2.05. The van der Waals surface area contributed by atoms with E-state index in [4.69, 9.17) is 5.73 Å². The number of hydrogen-bond donors (Lipinski definition) is 1. The van der Waals surface area contributed by atoms with Crippen LogP contribution in [0.1, 0.15) is 12.5 Å². The van der Waals surface area contributed by atoms with E-state index in [2.05, 4.69) is 22.9 Å². The fourth-order valence-electron chi connectivity index (χ4n) is 0.935. The zero-order valence-electron chi connectivity index (χ0n) is 6.77. The maximum atomic E-state index is 13.1. The fraction of sp³-hybridized carbons (Fsp3) is 0.222. The Kier molecular flexibility index (Phi) is 2.54. The molecule has 3 heteroatoms. The molecule has 0 unspecified atom stereocenters. The highest BCUT2D eigenvalue weighted by atomic mass is 79.9. The van der Waals surface area contributed by atoms with Crippen molar-refractivity contribution in [3.8, 4) is 0 Å². The highest BCUT2D eigenvalue weighted by Gasteiger charge is 2.18. The van der Waals surface area contributed by atoms with Crippen LogP contribution in [0, 0.1) is 12.7 Å². The van der Waals surface area contributed by atoms with Gasteiger partial charge in [-0.1, -0.05) is 15.9 Å².